The van der Waals surface area contributed by atoms with Gasteiger partial charge in [0, 0.05) is 18.0 Å². The monoisotopic (exact) mass is 321 g/mol. The first-order chi connectivity index (χ1) is 10.8. The minimum atomic E-state index is 0.154. The summed E-state index contributed by atoms with van der Waals surface area (Å²) in [5, 5.41) is 8.48. The molecule has 0 bridgehead atoms. The lowest BCUT2D eigenvalue weighted by molar-refractivity contribution is -0.120. The van der Waals surface area contributed by atoms with Gasteiger partial charge in [-0.2, -0.15) is 0 Å². The zero-order valence-electron chi connectivity index (χ0n) is 13.2. The van der Waals surface area contributed by atoms with Crippen LogP contribution in [0.4, 0.5) is 0 Å². The van der Waals surface area contributed by atoms with Gasteiger partial charge in [0.25, 0.3) is 0 Å². The van der Waals surface area contributed by atoms with E-state index in [0.29, 0.717) is 12.5 Å². The highest BCUT2D eigenvalue weighted by Gasteiger charge is 2.21. The van der Waals surface area contributed by atoms with Gasteiger partial charge < -0.3 is 10.6 Å². The van der Waals surface area contributed by atoms with E-state index < -0.39 is 0 Å². The Hall–Kier alpha value is -0.910. The van der Waals surface area contributed by atoms with Crippen molar-refractivity contribution in [2.45, 2.75) is 32.2 Å². The molecular weight excluding hydrogens is 294 g/mol. The number of hydrogen-bond donors (Lipinski definition) is 2. The smallest absolute Gasteiger partial charge is 0.233 e. The Morgan fingerprint density at radius 2 is 1.95 bits per heavy atom. The Balaban J connectivity index is 1.26. The second-order valence-electron chi connectivity index (χ2n) is 6.68. The number of hydrogen-bond acceptors (Lipinski definition) is 4. The van der Waals surface area contributed by atoms with Gasteiger partial charge in [-0.15, -0.1) is 11.3 Å². The molecule has 5 heteroatoms. The molecule has 0 spiro atoms. The molecule has 1 aliphatic heterocycles. The van der Waals surface area contributed by atoms with Gasteiger partial charge in [0.05, 0.1) is 6.54 Å². The molecule has 2 N–H and O–H groups in total. The fraction of sp³-hybridized carbons (Fsp3) is 0.706. The summed E-state index contributed by atoms with van der Waals surface area (Å²) in [4.78, 5) is 15.8. The van der Waals surface area contributed by atoms with Gasteiger partial charge in [0.1, 0.15) is 0 Å². The summed E-state index contributed by atoms with van der Waals surface area (Å²) in [5.74, 6) is 1.63. The summed E-state index contributed by atoms with van der Waals surface area (Å²) >= 11 is 1.84. The van der Waals surface area contributed by atoms with Gasteiger partial charge in [0.15, 0.2) is 0 Å². The first-order valence-electron chi connectivity index (χ1n) is 8.52. The third-order valence-corrected chi connectivity index (χ3v) is 5.53. The zero-order chi connectivity index (χ0) is 15.2. The van der Waals surface area contributed by atoms with Gasteiger partial charge in [-0.25, -0.2) is 0 Å². The van der Waals surface area contributed by atoms with E-state index in [0.717, 1.165) is 38.6 Å². The third-order valence-electron chi connectivity index (χ3n) is 4.67. The minimum absolute atomic E-state index is 0.154. The van der Waals surface area contributed by atoms with Crippen molar-refractivity contribution in [3.8, 4) is 0 Å². The van der Waals surface area contributed by atoms with Crippen molar-refractivity contribution in [1.82, 2.24) is 15.5 Å². The molecule has 0 atom stereocenters. The maximum Gasteiger partial charge on any atom is 0.233 e. The number of rotatable bonds is 8. The second-order valence-corrected chi connectivity index (χ2v) is 7.71. The summed E-state index contributed by atoms with van der Waals surface area (Å²) in [5.41, 5.74) is 0. The molecule has 1 amide bonds. The molecule has 1 saturated heterocycles. The quantitative estimate of drug-likeness (QED) is 0.770. The van der Waals surface area contributed by atoms with Gasteiger partial charge in [-0.05, 0) is 68.6 Å². The molecule has 2 heterocycles. The van der Waals surface area contributed by atoms with E-state index in [4.69, 9.17) is 0 Å². The van der Waals surface area contributed by atoms with Crippen LogP contribution in [-0.4, -0.2) is 43.5 Å². The number of amides is 1. The molecule has 4 nitrogen and oxygen atoms in total. The third kappa shape index (κ3) is 5.38. The van der Waals surface area contributed by atoms with Gasteiger partial charge in [-0.3, -0.25) is 9.69 Å². The highest BCUT2D eigenvalue weighted by Crippen LogP contribution is 2.27. The van der Waals surface area contributed by atoms with Crippen molar-refractivity contribution in [3.63, 3.8) is 0 Å². The van der Waals surface area contributed by atoms with Crippen LogP contribution >= 0.6 is 11.3 Å². The Morgan fingerprint density at radius 3 is 2.64 bits per heavy atom. The van der Waals surface area contributed by atoms with Crippen LogP contribution in [0.2, 0.25) is 0 Å². The fourth-order valence-electron chi connectivity index (χ4n) is 3.00. The molecule has 1 saturated carbocycles. The molecular formula is C17H27N3OS. The molecule has 1 aliphatic carbocycles. The predicted molar refractivity (Wildman–Crippen MR) is 90.9 cm³/mol. The molecule has 3 rings (SSSR count). The zero-order valence-corrected chi connectivity index (χ0v) is 14.0. The minimum Gasteiger partial charge on any atom is -0.355 e. The second kappa shape index (κ2) is 8.09. The Kier molecular flexibility index (Phi) is 5.87. The first-order valence-corrected chi connectivity index (χ1v) is 9.39. The van der Waals surface area contributed by atoms with Crippen molar-refractivity contribution < 1.29 is 4.79 Å². The normalized spacial score (nSPS) is 20.2. The number of nitrogens with zero attached hydrogens (tertiary/aromatic N) is 1. The van der Waals surface area contributed by atoms with Crippen molar-refractivity contribution >= 4 is 17.2 Å². The highest BCUT2D eigenvalue weighted by atomic mass is 32.1. The summed E-state index contributed by atoms with van der Waals surface area (Å²) in [7, 11) is 0. The average molecular weight is 321 g/mol. The van der Waals surface area contributed by atoms with E-state index in [9.17, 15) is 4.79 Å². The van der Waals surface area contributed by atoms with Crippen molar-refractivity contribution in [2.75, 3.05) is 32.7 Å². The van der Waals surface area contributed by atoms with Crippen LogP contribution in [0.15, 0.2) is 17.5 Å². The van der Waals surface area contributed by atoms with Crippen LogP contribution in [0, 0.1) is 11.8 Å². The largest absolute Gasteiger partial charge is 0.355 e. The summed E-state index contributed by atoms with van der Waals surface area (Å²) in [6, 6.07) is 4.34. The van der Waals surface area contributed by atoms with Gasteiger partial charge in [0.2, 0.25) is 5.91 Å². The Labute approximate surface area is 137 Å². The van der Waals surface area contributed by atoms with E-state index in [2.05, 4.69) is 33.0 Å². The van der Waals surface area contributed by atoms with Crippen LogP contribution in [0.25, 0.3) is 0 Å². The van der Waals surface area contributed by atoms with E-state index in [1.165, 1.54) is 30.6 Å². The van der Waals surface area contributed by atoms with E-state index in [-0.39, 0.29) is 5.91 Å². The number of nitrogens with one attached hydrogen (secondary N) is 2. The summed E-state index contributed by atoms with van der Waals surface area (Å²) in [6.07, 6.45) is 5.06. The predicted octanol–water partition coefficient (Wildman–Crippen LogP) is 2.08. The molecule has 1 aromatic rings. The highest BCUT2D eigenvalue weighted by molar-refractivity contribution is 7.09. The van der Waals surface area contributed by atoms with Crippen LogP contribution in [0.3, 0.4) is 0 Å². The van der Waals surface area contributed by atoms with Gasteiger partial charge >= 0.3 is 0 Å². The standard InChI is InChI=1S/C17H27N3OS/c21-17(12-18-10-14-3-4-14)19-11-15-5-7-20(8-6-15)13-16-2-1-9-22-16/h1-2,9,14-15,18H,3-8,10-13H2,(H,19,21). The van der Waals surface area contributed by atoms with Crippen LogP contribution < -0.4 is 10.6 Å². The lowest BCUT2D eigenvalue weighted by Gasteiger charge is -2.31. The Morgan fingerprint density at radius 1 is 1.18 bits per heavy atom. The van der Waals surface area contributed by atoms with Crippen LogP contribution in [-0.2, 0) is 11.3 Å². The van der Waals surface area contributed by atoms with Crippen LogP contribution in [0.5, 0.6) is 0 Å². The maximum atomic E-state index is 11.8. The number of carbonyl (C=O) groups is 1. The number of piperidine rings is 1. The van der Waals surface area contributed by atoms with Crippen molar-refractivity contribution in [2.24, 2.45) is 11.8 Å². The fourth-order valence-corrected chi connectivity index (χ4v) is 3.75. The van der Waals surface area contributed by atoms with Crippen LogP contribution in [0.1, 0.15) is 30.6 Å². The molecule has 22 heavy (non-hydrogen) atoms. The lowest BCUT2D eigenvalue weighted by atomic mass is 9.97. The number of carbonyl (C=O) groups excluding carboxylic acids is 1. The average Bonchev–Trinajstić information content (AvgIpc) is 3.21. The molecule has 0 unspecified atom stereocenters. The SMILES string of the molecule is O=C(CNCC1CC1)NCC1CCN(Cc2cccs2)CC1. The summed E-state index contributed by atoms with van der Waals surface area (Å²) < 4.78 is 0. The van der Waals surface area contributed by atoms with Crippen molar-refractivity contribution in [3.05, 3.63) is 22.4 Å². The summed E-state index contributed by atoms with van der Waals surface area (Å²) in [6.45, 7) is 5.72. The molecule has 122 valence electrons. The maximum absolute atomic E-state index is 11.8. The van der Waals surface area contributed by atoms with Gasteiger partial charge in [-0.1, -0.05) is 6.07 Å². The number of thiophene rings is 1. The molecule has 1 aromatic heterocycles. The topological polar surface area (TPSA) is 44.4 Å². The first kappa shape index (κ1) is 16.0. The molecule has 0 aromatic carbocycles. The number of likely N-dealkylation sites (tertiary alicyclic amines) is 1. The lowest BCUT2D eigenvalue weighted by Crippen LogP contribution is -2.40. The molecule has 2 aliphatic rings. The molecule has 2 fully saturated rings. The Bertz CT molecular complexity index is 450. The van der Waals surface area contributed by atoms with E-state index >= 15 is 0 Å². The van der Waals surface area contributed by atoms with E-state index in [1.54, 1.807) is 0 Å². The van der Waals surface area contributed by atoms with Crippen molar-refractivity contribution in [1.29, 1.82) is 0 Å². The molecule has 0 radical (unpaired) electrons. The van der Waals surface area contributed by atoms with E-state index in [1.807, 2.05) is 11.3 Å².